The molecule has 1 aromatic carbocycles. The first-order valence-electron chi connectivity index (χ1n) is 14.1. The molecule has 40 heavy (non-hydrogen) atoms. The number of benzene rings is 1. The van der Waals surface area contributed by atoms with Crippen LogP contribution in [0.25, 0.3) is 11.1 Å². The molecule has 0 aliphatic heterocycles. The van der Waals surface area contributed by atoms with E-state index in [-0.39, 0.29) is 51.9 Å². The number of allylic oxidation sites excluding steroid dienone is 8. The van der Waals surface area contributed by atoms with E-state index in [2.05, 4.69) is 0 Å². The van der Waals surface area contributed by atoms with Crippen molar-refractivity contribution in [1.29, 1.82) is 0 Å². The largest absolute Gasteiger partial charge is 0.396 e. The Hall–Kier alpha value is -3.22. The van der Waals surface area contributed by atoms with Crippen LogP contribution in [0.2, 0.25) is 0 Å². The van der Waals surface area contributed by atoms with Gasteiger partial charge in [-0.05, 0) is 93.2 Å². The van der Waals surface area contributed by atoms with Crippen LogP contribution in [0.5, 0.6) is 0 Å². The highest BCUT2D eigenvalue weighted by atomic mass is 16.5. The number of carbonyl (C=O) groups excluding carboxylic acids is 4. The fraction of sp³-hybridized carbons (Fsp3) is 0.471. The van der Waals surface area contributed by atoms with Crippen molar-refractivity contribution in [3.05, 3.63) is 70.8 Å². The van der Waals surface area contributed by atoms with Gasteiger partial charge in [0.2, 0.25) is 0 Å². The Morgan fingerprint density at radius 1 is 0.675 bits per heavy atom. The zero-order valence-electron chi connectivity index (χ0n) is 24.5. The molecule has 6 nitrogen and oxygen atoms in total. The molecule has 0 saturated carbocycles. The number of ketones is 4. The summed E-state index contributed by atoms with van der Waals surface area (Å²) in [4.78, 5) is 52.3. The number of ether oxygens (including phenoxy) is 1. The minimum atomic E-state index is -0.269. The molecule has 0 fully saturated rings. The summed E-state index contributed by atoms with van der Waals surface area (Å²) in [7, 11) is 1.68. The van der Waals surface area contributed by atoms with Crippen LogP contribution in [0, 0.1) is 5.41 Å². The molecule has 3 rings (SSSR count). The normalized spacial score (nSPS) is 16.6. The summed E-state index contributed by atoms with van der Waals surface area (Å²) in [5.74, 6) is -0.992. The molecule has 0 saturated heterocycles. The van der Waals surface area contributed by atoms with E-state index < -0.39 is 0 Å². The van der Waals surface area contributed by atoms with Crippen molar-refractivity contribution in [2.75, 3.05) is 13.7 Å². The maximum Gasteiger partial charge on any atom is 0.189 e. The predicted molar refractivity (Wildman–Crippen MR) is 157 cm³/mol. The molecule has 0 amide bonds. The standard InChI is InChI=1S/C34H42O6/c1-33(2,22-35)16-10-8-12-23-18-25(36)20-29(31(23)38)27-14-6-7-15-28(27)30-21-26(37)19-24(32(30)39)13-9-11-17-34(3,4)40-5/h6-7,14-15,18-21,35H,8-13,16-17,22H2,1-5H3. The lowest BCUT2D eigenvalue weighted by Crippen LogP contribution is -2.22. The lowest BCUT2D eigenvalue weighted by Gasteiger charge is -2.23. The Kier molecular flexibility index (Phi) is 10.5. The minimum Gasteiger partial charge on any atom is -0.396 e. The maximum atomic E-state index is 13.5. The first kappa shape index (κ1) is 31.3. The highest BCUT2D eigenvalue weighted by Gasteiger charge is 2.29. The van der Waals surface area contributed by atoms with Gasteiger partial charge in [0, 0.05) is 36.0 Å². The van der Waals surface area contributed by atoms with Gasteiger partial charge in [-0.1, -0.05) is 51.0 Å². The molecule has 0 aromatic heterocycles. The van der Waals surface area contributed by atoms with Crippen LogP contribution in [0.1, 0.15) is 90.2 Å². The zero-order chi connectivity index (χ0) is 29.5. The number of rotatable bonds is 14. The van der Waals surface area contributed by atoms with E-state index in [0.717, 1.165) is 38.5 Å². The Balaban J connectivity index is 1.77. The molecular formula is C34H42O6. The Bertz CT molecular complexity index is 1190. The van der Waals surface area contributed by atoms with E-state index in [1.807, 2.05) is 27.7 Å². The van der Waals surface area contributed by atoms with E-state index in [1.54, 1.807) is 31.4 Å². The first-order chi connectivity index (χ1) is 18.9. The average Bonchev–Trinajstić information content (AvgIpc) is 2.92. The lowest BCUT2D eigenvalue weighted by molar-refractivity contribution is -0.114. The van der Waals surface area contributed by atoms with Crippen molar-refractivity contribution < 1.29 is 29.0 Å². The number of methoxy groups -OCH3 is 1. The highest BCUT2D eigenvalue weighted by molar-refractivity contribution is 6.40. The van der Waals surface area contributed by atoms with Gasteiger partial charge in [-0.25, -0.2) is 0 Å². The van der Waals surface area contributed by atoms with Crippen molar-refractivity contribution >= 4 is 34.3 Å². The lowest BCUT2D eigenvalue weighted by atomic mass is 9.81. The molecular weight excluding hydrogens is 504 g/mol. The number of carbonyl (C=O) groups is 4. The first-order valence-corrected chi connectivity index (χ1v) is 14.1. The molecule has 0 bridgehead atoms. The van der Waals surface area contributed by atoms with Crippen molar-refractivity contribution in [3.63, 3.8) is 0 Å². The minimum absolute atomic E-state index is 0.0940. The monoisotopic (exact) mass is 546 g/mol. The number of aliphatic hydroxyl groups is 1. The summed E-state index contributed by atoms with van der Waals surface area (Å²) in [5, 5.41) is 9.48. The SMILES string of the molecule is COC(C)(C)CCCCC1=CC(=O)C=C(c2ccccc2C2=CC(=O)C=C(CCCCC(C)(C)CO)C2=O)C1=O. The van der Waals surface area contributed by atoms with E-state index in [1.165, 1.54) is 24.3 Å². The Morgan fingerprint density at radius 3 is 1.55 bits per heavy atom. The highest BCUT2D eigenvalue weighted by Crippen LogP contribution is 2.35. The third-order valence-electron chi connectivity index (χ3n) is 7.79. The number of hydrogen-bond donors (Lipinski definition) is 1. The molecule has 2 aliphatic rings. The van der Waals surface area contributed by atoms with Crippen LogP contribution in [0.15, 0.2) is 59.7 Å². The summed E-state index contributed by atoms with van der Waals surface area (Å²) in [6, 6.07) is 6.97. The van der Waals surface area contributed by atoms with Crippen molar-refractivity contribution in [1.82, 2.24) is 0 Å². The molecule has 6 heteroatoms. The fourth-order valence-electron chi connectivity index (χ4n) is 5.01. The Morgan fingerprint density at radius 2 is 1.12 bits per heavy atom. The summed E-state index contributed by atoms with van der Waals surface area (Å²) < 4.78 is 5.47. The van der Waals surface area contributed by atoms with Gasteiger partial charge in [0.1, 0.15) is 0 Å². The summed E-state index contributed by atoms with van der Waals surface area (Å²) in [6.45, 7) is 8.12. The van der Waals surface area contributed by atoms with Crippen LogP contribution in [-0.2, 0) is 23.9 Å². The molecule has 2 aliphatic carbocycles. The van der Waals surface area contributed by atoms with Crippen molar-refractivity contribution in [3.8, 4) is 0 Å². The van der Waals surface area contributed by atoms with Gasteiger partial charge in [0.05, 0.1) is 5.60 Å². The summed E-state index contributed by atoms with van der Waals surface area (Å²) in [6.07, 6.45) is 11.2. The molecule has 1 N–H and O–H groups in total. The third-order valence-corrected chi connectivity index (χ3v) is 7.79. The smallest absolute Gasteiger partial charge is 0.189 e. The molecule has 0 atom stereocenters. The number of Topliss-reactive ketones (excluding diaryl/α,β-unsaturated/α-hetero) is 2. The average molecular weight is 547 g/mol. The quantitative estimate of drug-likeness (QED) is 0.221. The van der Waals surface area contributed by atoms with Crippen LogP contribution in [0.3, 0.4) is 0 Å². The van der Waals surface area contributed by atoms with Crippen molar-refractivity contribution in [2.45, 2.75) is 84.7 Å². The molecule has 0 unspecified atom stereocenters. The summed E-state index contributed by atoms with van der Waals surface area (Å²) in [5.41, 5.74) is 1.92. The van der Waals surface area contributed by atoms with Crippen LogP contribution >= 0.6 is 0 Å². The van der Waals surface area contributed by atoms with Gasteiger partial charge in [-0.3, -0.25) is 19.2 Å². The van der Waals surface area contributed by atoms with E-state index >= 15 is 0 Å². The van der Waals surface area contributed by atoms with Crippen LogP contribution in [0.4, 0.5) is 0 Å². The van der Waals surface area contributed by atoms with Gasteiger partial charge in [-0.15, -0.1) is 0 Å². The third kappa shape index (κ3) is 8.15. The van der Waals surface area contributed by atoms with Gasteiger partial charge < -0.3 is 9.84 Å². The van der Waals surface area contributed by atoms with Gasteiger partial charge >= 0.3 is 0 Å². The van der Waals surface area contributed by atoms with Gasteiger partial charge in [0.15, 0.2) is 23.1 Å². The van der Waals surface area contributed by atoms with Crippen LogP contribution in [-0.4, -0.2) is 47.6 Å². The second-order valence-corrected chi connectivity index (χ2v) is 12.2. The molecule has 214 valence electrons. The molecule has 0 heterocycles. The molecule has 0 radical (unpaired) electrons. The Labute approximate surface area is 237 Å². The van der Waals surface area contributed by atoms with E-state index in [9.17, 15) is 24.3 Å². The van der Waals surface area contributed by atoms with E-state index in [4.69, 9.17) is 4.74 Å². The molecule has 0 spiro atoms. The topological polar surface area (TPSA) is 97.7 Å². The second-order valence-electron chi connectivity index (χ2n) is 12.2. The fourth-order valence-corrected chi connectivity index (χ4v) is 5.01. The van der Waals surface area contributed by atoms with Crippen molar-refractivity contribution in [2.24, 2.45) is 5.41 Å². The predicted octanol–water partition coefficient (Wildman–Crippen LogP) is 6.17. The summed E-state index contributed by atoms with van der Waals surface area (Å²) >= 11 is 0. The van der Waals surface area contributed by atoms with Gasteiger partial charge in [-0.2, -0.15) is 0 Å². The van der Waals surface area contributed by atoms with E-state index in [0.29, 0.717) is 35.1 Å². The van der Waals surface area contributed by atoms with Crippen LogP contribution < -0.4 is 0 Å². The zero-order valence-corrected chi connectivity index (χ0v) is 24.5. The molecule has 1 aromatic rings. The van der Waals surface area contributed by atoms with Gasteiger partial charge in [0.25, 0.3) is 0 Å². The number of aliphatic hydroxyl groups excluding tert-OH is 1. The maximum absolute atomic E-state index is 13.5. The second kappa shape index (κ2) is 13.4. The number of hydrogen-bond acceptors (Lipinski definition) is 6. The number of unbranched alkanes of at least 4 members (excludes halogenated alkanes) is 2.